The van der Waals surface area contributed by atoms with Gasteiger partial charge < -0.3 is 24.9 Å². The van der Waals surface area contributed by atoms with Crippen molar-refractivity contribution in [3.63, 3.8) is 0 Å². The number of benzene rings is 2. The van der Waals surface area contributed by atoms with Gasteiger partial charge in [-0.2, -0.15) is 0 Å². The van der Waals surface area contributed by atoms with Gasteiger partial charge in [0.15, 0.2) is 0 Å². The zero-order valence-electron chi connectivity index (χ0n) is 25.0. The Balaban J connectivity index is 1.22. The number of nitrogens with zero attached hydrogens (tertiary/aromatic N) is 5. The van der Waals surface area contributed by atoms with Gasteiger partial charge in [-0.25, -0.2) is 14.2 Å². The third-order valence-electron chi connectivity index (χ3n) is 7.59. The largest absolute Gasteiger partial charge is 0.427 e. The fourth-order valence-electron chi connectivity index (χ4n) is 5.07. The number of fused-ring (bicyclic) bond motifs is 1. The number of piperazine rings is 1. The summed E-state index contributed by atoms with van der Waals surface area (Å²) >= 11 is 7.46. The van der Waals surface area contributed by atoms with Crippen LogP contribution >= 0.6 is 23.4 Å². The zero-order valence-corrected chi connectivity index (χ0v) is 26.6. The number of nitrogens with one attached hydrogen (secondary N) is 2. The number of hydrogen-bond acceptors (Lipinski definition) is 10. The van der Waals surface area contributed by atoms with Crippen molar-refractivity contribution in [1.82, 2.24) is 25.0 Å². The summed E-state index contributed by atoms with van der Waals surface area (Å²) < 4.78 is 20.3. The minimum Gasteiger partial charge on any atom is -0.427 e. The number of halogens is 2. The van der Waals surface area contributed by atoms with E-state index < -0.39 is 11.4 Å². The summed E-state index contributed by atoms with van der Waals surface area (Å²) in [5.74, 6) is 0.536. The van der Waals surface area contributed by atoms with E-state index in [1.807, 2.05) is 18.2 Å². The molecule has 2 N–H and O–H groups in total. The van der Waals surface area contributed by atoms with E-state index in [2.05, 4.69) is 42.7 Å². The number of amides is 1. The van der Waals surface area contributed by atoms with Crippen LogP contribution in [-0.4, -0.2) is 70.7 Å². The molecule has 46 heavy (non-hydrogen) atoms. The smallest absolute Gasteiger partial charge is 0.343 e. The third kappa shape index (κ3) is 7.88. The van der Waals surface area contributed by atoms with Crippen molar-refractivity contribution >= 4 is 57.2 Å². The van der Waals surface area contributed by atoms with E-state index in [1.54, 1.807) is 36.5 Å². The molecule has 0 unspecified atom stereocenters. The van der Waals surface area contributed by atoms with E-state index in [0.29, 0.717) is 57.1 Å². The van der Waals surface area contributed by atoms with Gasteiger partial charge in [-0.1, -0.05) is 41.6 Å². The van der Waals surface area contributed by atoms with Gasteiger partial charge in [-0.3, -0.25) is 4.79 Å². The van der Waals surface area contributed by atoms with Crippen molar-refractivity contribution in [2.75, 3.05) is 50.4 Å². The molecule has 4 heterocycles. The molecule has 0 radical (unpaired) electrons. The molecule has 1 saturated heterocycles. The second-order valence-corrected chi connectivity index (χ2v) is 12.3. The number of thioether (sulfide) groups is 1. The Morgan fingerprint density at radius 2 is 1.87 bits per heavy atom. The standard InChI is InChI=1S/C33H31ClFN7O3S/c1-41-12-14-42(15-13-41)11-9-31(43)38-30-18-23(8-10-36-30)37-29-19-28(26-17-22(34)6-7-27(26)35)39-40-32(29)46-20-24-16-21-4-2-3-5-25(21)33(44)45-24/h2-8,10,16-19H,9,11-15,20H2,1H3,(H2,36,37,38,39,43). The Kier molecular flexibility index (Phi) is 9.88. The van der Waals surface area contributed by atoms with E-state index >= 15 is 0 Å². The van der Waals surface area contributed by atoms with Crippen LogP contribution in [0.5, 0.6) is 0 Å². The number of aromatic nitrogens is 3. The number of anilines is 3. The van der Waals surface area contributed by atoms with Crippen LogP contribution in [0.2, 0.25) is 5.02 Å². The van der Waals surface area contributed by atoms with Crippen LogP contribution in [0.1, 0.15) is 12.2 Å². The lowest BCUT2D eigenvalue weighted by atomic mass is 10.1. The lowest BCUT2D eigenvalue weighted by Gasteiger charge is -2.32. The molecule has 0 saturated carbocycles. The second kappa shape index (κ2) is 14.4. The highest BCUT2D eigenvalue weighted by molar-refractivity contribution is 7.98. The van der Waals surface area contributed by atoms with Crippen molar-refractivity contribution < 1.29 is 13.6 Å². The molecule has 13 heteroatoms. The van der Waals surface area contributed by atoms with E-state index in [-0.39, 0.29) is 17.2 Å². The SMILES string of the molecule is CN1CCN(CCC(=O)Nc2cc(Nc3cc(-c4cc(Cl)ccc4F)nnc3SCc3cc4ccccc4c(=O)o3)ccn2)CC1. The molecular weight excluding hydrogens is 629 g/mol. The average Bonchev–Trinajstić information content (AvgIpc) is 3.05. The minimum absolute atomic E-state index is 0.124. The third-order valence-corrected chi connectivity index (χ3v) is 8.83. The Labute approximate surface area is 274 Å². The molecule has 1 aliphatic rings. The summed E-state index contributed by atoms with van der Waals surface area (Å²) in [6.07, 6.45) is 1.94. The van der Waals surface area contributed by atoms with Crippen LogP contribution in [0.15, 0.2) is 87.2 Å². The minimum atomic E-state index is -0.492. The van der Waals surface area contributed by atoms with Gasteiger partial charge in [0, 0.05) is 67.7 Å². The number of rotatable bonds is 10. The van der Waals surface area contributed by atoms with Crippen molar-refractivity contribution in [3.8, 4) is 11.3 Å². The quantitative estimate of drug-likeness (QED) is 0.172. The van der Waals surface area contributed by atoms with Crippen molar-refractivity contribution in [1.29, 1.82) is 0 Å². The van der Waals surface area contributed by atoms with Crippen molar-refractivity contribution in [2.24, 2.45) is 0 Å². The Morgan fingerprint density at radius 3 is 2.72 bits per heavy atom. The Morgan fingerprint density at radius 1 is 1.04 bits per heavy atom. The molecule has 0 spiro atoms. The lowest BCUT2D eigenvalue weighted by molar-refractivity contribution is -0.116. The van der Waals surface area contributed by atoms with Gasteiger partial charge >= 0.3 is 5.63 Å². The number of likely N-dealkylation sites (N-methyl/N-ethyl adjacent to an activating group) is 1. The fourth-order valence-corrected chi connectivity index (χ4v) is 6.02. The monoisotopic (exact) mass is 659 g/mol. The first kappa shape index (κ1) is 31.6. The van der Waals surface area contributed by atoms with Crippen LogP contribution in [-0.2, 0) is 10.5 Å². The van der Waals surface area contributed by atoms with Gasteiger partial charge in [0.2, 0.25) is 5.91 Å². The summed E-state index contributed by atoms with van der Waals surface area (Å²) in [5, 5.41) is 17.0. The molecule has 2 aromatic carbocycles. The van der Waals surface area contributed by atoms with E-state index in [0.717, 1.165) is 31.6 Å². The predicted octanol–water partition coefficient (Wildman–Crippen LogP) is 6.05. The number of hydrogen-bond donors (Lipinski definition) is 2. The van der Waals surface area contributed by atoms with Crippen LogP contribution in [0.4, 0.5) is 21.6 Å². The summed E-state index contributed by atoms with van der Waals surface area (Å²) in [7, 11) is 2.10. The van der Waals surface area contributed by atoms with Gasteiger partial charge in [0.05, 0.1) is 22.5 Å². The molecule has 1 fully saturated rings. The molecule has 0 aliphatic carbocycles. The van der Waals surface area contributed by atoms with E-state index in [4.69, 9.17) is 16.0 Å². The fraction of sp³-hybridized carbons (Fsp3) is 0.242. The van der Waals surface area contributed by atoms with Gasteiger partial charge in [0.25, 0.3) is 0 Å². The number of carbonyl (C=O) groups excluding carboxylic acids is 1. The first-order valence-electron chi connectivity index (χ1n) is 14.7. The highest BCUT2D eigenvalue weighted by atomic mass is 35.5. The van der Waals surface area contributed by atoms with Gasteiger partial charge in [0.1, 0.15) is 22.4 Å². The molecule has 3 aromatic heterocycles. The van der Waals surface area contributed by atoms with Gasteiger partial charge in [-0.15, -0.1) is 10.2 Å². The van der Waals surface area contributed by atoms with E-state index in [1.165, 1.54) is 30.0 Å². The molecule has 236 valence electrons. The summed E-state index contributed by atoms with van der Waals surface area (Å²) in [5.41, 5.74) is 1.20. The second-order valence-electron chi connectivity index (χ2n) is 10.9. The predicted molar refractivity (Wildman–Crippen MR) is 179 cm³/mol. The molecule has 1 amide bonds. The molecule has 10 nitrogen and oxygen atoms in total. The highest BCUT2D eigenvalue weighted by Gasteiger charge is 2.17. The molecule has 0 bridgehead atoms. The summed E-state index contributed by atoms with van der Waals surface area (Å²) in [6, 6.07) is 18.4. The molecule has 6 rings (SSSR count). The number of pyridine rings is 1. The molecule has 0 atom stereocenters. The van der Waals surface area contributed by atoms with Gasteiger partial charge in [-0.05, 0) is 54.9 Å². The first-order valence-corrected chi connectivity index (χ1v) is 16.1. The molecular formula is C33H31ClFN7O3S. The number of carbonyl (C=O) groups is 1. The average molecular weight is 660 g/mol. The Bertz CT molecular complexity index is 1930. The maximum atomic E-state index is 14.8. The highest BCUT2D eigenvalue weighted by Crippen LogP contribution is 2.34. The maximum absolute atomic E-state index is 14.8. The summed E-state index contributed by atoms with van der Waals surface area (Å²) in [6.45, 7) is 4.54. The first-order chi connectivity index (χ1) is 22.3. The topological polar surface area (TPSA) is 116 Å². The Hall–Kier alpha value is -4.36. The zero-order chi connectivity index (χ0) is 32.0. The van der Waals surface area contributed by atoms with Crippen LogP contribution in [0, 0.1) is 5.82 Å². The molecule has 5 aromatic rings. The van der Waals surface area contributed by atoms with Crippen molar-refractivity contribution in [3.05, 3.63) is 99.9 Å². The van der Waals surface area contributed by atoms with Crippen LogP contribution in [0.25, 0.3) is 22.0 Å². The lowest BCUT2D eigenvalue weighted by Crippen LogP contribution is -2.45. The van der Waals surface area contributed by atoms with E-state index in [9.17, 15) is 14.0 Å². The molecule has 1 aliphatic heterocycles. The summed E-state index contributed by atoms with van der Waals surface area (Å²) in [4.78, 5) is 34.1. The van der Waals surface area contributed by atoms with Crippen LogP contribution < -0.4 is 16.3 Å². The normalized spacial score (nSPS) is 14.0. The maximum Gasteiger partial charge on any atom is 0.343 e. The van der Waals surface area contributed by atoms with Crippen molar-refractivity contribution in [2.45, 2.75) is 17.2 Å². The van der Waals surface area contributed by atoms with Crippen LogP contribution in [0.3, 0.4) is 0 Å².